The summed E-state index contributed by atoms with van der Waals surface area (Å²) in [6.07, 6.45) is 0. The smallest absolute Gasteiger partial charge is 0.207 e. The predicted octanol–water partition coefficient (Wildman–Crippen LogP) is 0.864. The fourth-order valence-electron chi connectivity index (χ4n) is 0.985. The Balaban J connectivity index is 3.25. The van der Waals surface area contributed by atoms with Crippen molar-refractivity contribution < 1.29 is 16.8 Å². The number of hydrogen-bond donors (Lipinski definition) is 0. The molecule has 1 aromatic rings. The molecule has 0 N–H and O–H groups in total. The minimum Gasteiger partial charge on any atom is -0.207 e. The summed E-state index contributed by atoms with van der Waals surface area (Å²) in [5.41, 5.74) is 0. The molecule has 0 aliphatic rings. The molecule has 0 aliphatic heterocycles. The highest BCUT2D eigenvalue weighted by Gasteiger charge is 2.18. The van der Waals surface area contributed by atoms with Gasteiger partial charge in [0, 0.05) is 24.8 Å². The number of sulfonamides is 1. The first-order chi connectivity index (χ1) is 7.15. The Kier molecular flexibility index (Phi) is 3.63. The lowest BCUT2D eigenvalue weighted by atomic mass is 10.4. The van der Waals surface area contributed by atoms with Crippen LogP contribution in [0.4, 0.5) is 0 Å². The van der Waals surface area contributed by atoms with Crippen molar-refractivity contribution in [3.63, 3.8) is 0 Å². The maximum atomic E-state index is 11.6. The molecule has 0 spiro atoms. The number of halogens is 1. The van der Waals surface area contributed by atoms with Gasteiger partial charge in [0.2, 0.25) is 10.0 Å². The molecule has 5 nitrogen and oxygen atoms in total. The van der Waals surface area contributed by atoms with Crippen LogP contribution < -0.4 is 0 Å². The number of hydrogen-bond acceptors (Lipinski definition) is 4. The SMILES string of the molecule is CN(C)S(=O)(=O)c1ccc(S(=O)(=O)Cl)cc1. The zero-order valence-electron chi connectivity index (χ0n) is 8.58. The van der Waals surface area contributed by atoms with Gasteiger partial charge in [-0.05, 0) is 24.3 Å². The normalized spacial score (nSPS) is 13.0. The fourth-order valence-corrected chi connectivity index (χ4v) is 2.66. The average molecular weight is 284 g/mol. The molecule has 90 valence electrons. The van der Waals surface area contributed by atoms with Gasteiger partial charge in [-0.25, -0.2) is 21.1 Å². The van der Waals surface area contributed by atoms with Crippen LogP contribution in [0.2, 0.25) is 0 Å². The molecule has 0 radical (unpaired) electrons. The Bertz CT molecular complexity index is 575. The third-order valence-electron chi connectivity index (χ3n) is 1.88. The van der Waals surface area contributed by atoms with Crippen molar-refractivity contribution in [1.29, 1.82) is 0 Å². The highest BCUT2D eigenvalue weighted by Crippen LogP contribution is 2.19. The average Bonchev–Trinajstić information content (AvgIpc) is 2.16. The van der Waals surface area contributed by atoms with Crippen molar-refractivity contribution in [2.45, 2.75) is 9.79 Å². The molecule has 0 bridgehead atoms. The molecule has 16 heavy (non-hydrogen) atoms. The molecule has 0 aliphatic carbocycles. The maximum absolute atomic E-state index is 11.6. The van der Waals surface area contributed by atoms with Crippen molar-refractivity contribution in [2.24, 2.45) is 0 Å². The van der Waals surface area contributed by atoms with E-state index < -0.39 is 19.1 Å². The van der Waals surface area contributed by atoms with Crippen molar-refractivity contribution in [3.8, 4) is 0 Å². The molecule has 0 fully saturated rings. The zero-order valence-corrected chi connectivity index (χ0v) is 11.0. The van der Waals surface area contributed by atoms with E-state index in [1.807, 2.05) is 0 Å². The molecule has 1 aromatic carbocycles. The van der Waals surface area contributed by atoms with Gasteiger partial charge < -0.3 is 0 Å². The molecular formula is C8H10ClNO4S2. The molecule has 0 aromatic heterocycles. The number of benzene rings is 1. The van der Waals surface area contributed by atoms with Gasteiger partial charge in [0.1, 0.15) is 0 Å². The fraction of sp³-hybridized carbons (Fsp3) is 0.250. The summed E-state index contributed by atoms with van der Waals surface area (Å²) in [7, 11) is 0.516. The van der Waals surface area contributed by atoms with Crippen LogP contribution in [0, 0.1) is 0 Å². The second-order valence-electron chi connectivity index (χ2n) is 3.20. The third kappa shape index (κ3) is 2.73. The molecule has 0 atom stereocenters. The molecule has 1 rings (SSSR count). The van der Waals surface area contributed by atoms with E-state index in [4.69, 9.17) is 10.7 Å². The van der Waals surface area contributed by atoms with E-state index in [1.165, 1.54) is 26.2 Å². The van der Waals surface area contributed by atoms with Gasteiger partial charge in [0.25, 0.3) is 9.05 Å². The lowest BCUT2D eigenvalue weighted by Gasteiger charge is -2.11. The molecule has 0 unspecified atom stereocenters. The van der Waals surface area contributed by atoms with Gasteiger partial charge >= 0.3 is 0 Å². The van der Waals surface area contributed by atoms with E-state index in [2.05, 4.69) is 0 Å². The number of nitrogens with zero attached hydrogens (tertiary/aromatic N) is 1. The maximum Gasteiger partial charge on any atom is 0.261 e. The molecule has 8 heteroatoms. The lowest BCUT2D eigenvalue weighted by Crippen LogP contribution is -2.22. The zero-order chi connectivity index (χ0) is 12.6. The first-order valence-electron chi connectivity index (χ1n) is 4.13. The van der Waals surface area contributed by atoms with Gasteiger partial charge in [-0.15, -0.1) is 0 Å². The summed E-state index contributed by atoms with van der Waals surface area (Å²) in [5.74, 6) is 0. The second-order valence-corrected chi connectivity index (χ2v) is 7.91. The molecule has 0 saturated heterocycles. The van der Waals surface area contributed by atoms with Crippen LogP contribution in [0.1, 0.15) is 0 Å². The molecular weight excluding hydrogens is 274 g/mol. The van der Waals surface area contributed by atoms with Crippen molar-refractivity contribution in [2.75, 3.05) is 14.1 Å². The third-order valence-corrected chi connectivity index (χ3v) is 5.08. The summed E-state index contributed by atoms with van der Waals surface area (Å²) in [6.45, 7) is 0. The van der Waals surface area contributed by atoms with Gasteiger partial charge in [0.05, 0.1) is 9.79 Å². The van der Waals surface area contributed by atoms with Gasteiger partial charge in [-0.2, -0.15) is 0 Å². The quantitative estimate of drug-likeness (QED) is 0.772. The summed E-state index contributed by atoms with van der Waals surface area (Å²) >= 11 is 0. The van der Waals surface area contributed by atoms with Crippen LogP contribution in [0.3, 0.4) is 0 Å². The monoisotopic (exact) mass is 283 g/mol. The van der Waals surface area contributed by atoms with Crippen LogP contribution in [0.25, 0.3) is 0 Å². The topological polar surface area (TPSA) is 71.5 Å². The predicted molar refractivity (Wildman–Crippen MR) is 60.4 cm³/mol. The van der Waals surface area contributed by atoms with Gasteiger partial charge in [0.15, 0.2) is 0 Å². The summed E-state index contributed by atoms with van der Waals surface area (Å²) in [4.78, 5) is -0.117. The Hall–Kier alpha value is -0.630. The Morgan fingerprint density at radius 2 is 1.31 bits per heavy atom. The first-order valence-corrected chi connectivity index (χ1v) is 7.88. The van der Waals surface area contributed by atoms with Crippen molar-refractivity contribution in [3.05, 3.63) is 24.3 Å². The van der Waals surface area contributed by atoms with Crippen LogP contribution in [-0.4, -0.2) is 35.2 Å². The van der Waals surface area contributed by atoms with Crippen LogP contribution >= 0.6 is 10.7 Å². The second kappa shape index (κ2) is 4.33. The Morgan fingerprint density at radius 1 is 0.938 bits per heavy atom. The Morgan fingerprint density at radius 3 is 1.62 bits per heavy atom. The van der Waals surface area contributed by atoms with Crippen LogP contribution in [0.15, 0.2) is 34.1 Å². The highest BCUT2D eigenvalue weighted by atomic mass is 35.7. The van der Waals surface area contributed by atoms with E-state index in [0.717, 1.165) is 16.4 Å². The summed E-state index contributed by atoms with van der Waals surface area (Å²) in [5, 5.41) is 0. The van der Waals surface area contributed by atoms with Crippen LogP contribution in [0.5, 0.6) is 0 Å². The van der Waals surface area contributed by atoms with E-state index >= 15 is 0 Å². The minimum absolute atomic E-state index is 0.0153. The van der Waals surface area contributed by atoms with Gasteiger partial charge in [-0.3, -0.25) is 0 Å². The van der Waals surface area contributed by atoms with E-state index in [0.29, 0.717) is 0 Å². The summed E-state index contributed by atoms with van der Waals surface area (Å²) in [6, 6.07) is 4.70. The molecule has 0 saturated carbocycles. The lowest BCUT2D eigenvalue weighted by molar-refractivity contribution is 0.520. The first kappa shape index (κ1) is 13.4. The minimum atomic E-state index is -3.82. The molecule has 0 heterocycles. The molecule has 0 amide bonds. The van der Waals surface area contributed by atoms with Crippen molar-refractivity contribution in [1.82, 2.24) is 4.31 Å². The summed E-state index contributed by atoms with van der Waals surface area (Å²) < 4.78 is 46.2. The van der Waals surface area contributed by atoms with E-state index in [9.17, 15) is 16.8 Å². The van der Waals surface area contributed by atoms with E-state index in [-0.39, 0.29) is 9.79 Å². The highest BCUT2D eigenvalue weighted by molar-refractivity contribution is 8.13. The standard InChI is InChI=1S/C8H10ClNO4S2/c1-10(2)16(13,14)8-5-3-7(4-6-8)15(9,11)12/h3-6H,1-2H3. The van der Waals surface area contributed by atoms with E-state index in [1.54, 1.807) is 0 Å². The van der Waals surface area contributed by atoms with Crippen molar-refractivity contribution >= 4 is 29.8 Å². The van der Waals surface area contributed by atoms with Gasteiger partial charge in [-0.1, -0.05) is 0 Å². The number of rotatable bonds is 3. The van der Waals surface area contributed by atoms with Crippen LogP contribution in [-0.2, 0) is 19.1 Å². The Labute approximate surface area is 99.1 Å². The largest absolute Gasteiger partial charge is 0.261 e.